The van der Waals surface area contributed by atoms with Gasteiger partial charge in [-0.05, 0) is 55.4 Å². The van der Waals surface area contributed by atoms with Crippen molar-refractivity contribution in [3.63, 3.8) is 0 Å². The van der Waals surface area contributed by atoms with Gasteiger partial charge in [-0.1, -0.05) is 17.7 Å². The molecule has 0 amide bonds. The van der Waals surface area contributed by atoms with Gasteiger partial charge in [-0.2, -0.15) is 0 Å². The summed E-state index contributed by atoms with van der Waals surface area (Å²) in [6.07, 6.45) is 7.16. The first kappa shape index (κ1) is 20.2. The number of aryl methyl sites for hydroxylation is 1. The number of fused-ring (bicyclic) bond motifs is 1. The van der Waals surface area contributed by atoms with Gasteiger partial charge in [-0.3, -0.25) is 4.98 Å². The summed E-state index contributed by atoms with van der Waals surface area (Å²) >= 11 is 10.2. The molecule has 0 unspecified atom stereocenters. The average Bonchev–Trinajstić information content (AvgIpc) is 3.09. The Bertz CT molecular complexity index is 1030. The number of H-pyrrole nitrogens is 1. The number of rotatable bonds is 4. The molecule has 0 radical (unpaired) electrons. The van der Waals surface area contributed by atoms with Gasteiger partial charge in [-0.25, -0.2) is 4.98 Å². The number of halogens is 1. The molecule has 0 spiro atoms. The molecule has 0 bridgehead atoms. The zero-order valence-electron chi connectivity index (χ0n) is 15.7. The van der Waals surface area contributed by atoms with Crippen LogP contribution in [0, 0.1) is 6.92 Å². The Balaban J connectivity index is 0.000000271. The maximum absolute atomic E-state index is 6.15. The van der Waals surface area contributed by atoms with Crippen molar-refractivity contribution >= 4 is 46.5 Å². The normalized spacial score (nSPS) is 10.4. The minimum absolute atomic E-state index is 0.484. The van der Waals surface area contributed by atoms with E-state index in [-0.39, 0.29) is 0 Å². The van der Waals surface area contributed by atoms with Crippen LogP contribution in [0.25, 0.3) is 10.9 Å². The number of anilines is 2. The lowest BCUT2D eigenvalue weighted by Crippen LogP contribution is -2.03. The van der Waals surface area contributed by atoms with Crippen LogP contribution in [0.15, 0.2) is 66.1 Å². The number of hydrogen-bond donors (Lipinski definition) is 4. The van der Waals surface area contributed by atoms with Gasteiger partial charge in [0, 0.05) is 52.8 Å². The molecule has 0 atom stereocenters. The Morgan fingerprint density at radius 3 is 2.68 bits per heavy atom. The summed E-state index contributed by atoms with van der Waals surface area (Å²) in [4.78, 5) is 12.1. The van der Waals surface area contributed by atoms with E-state index in [4.69, 9.17) is 11.6 Å². The molecule has 4 rings (SSSR count). The molecule has 7 heteroatoms. The van der Waals surface area contributed by atoms with E-state index in [2.05, 4.69) is 56.4 Å². The highest BCUT2D eigenvalue weighted by Gasteiger charge is 2.07. The molecule has 28 heavy (non-hydrogen) atoms. The fraction of sp³-hybridized carbons (Fsp3) is 0.143. The second-order valence-electron chi connectivity index (χ2n) is 6.23. The van der Waals surface area contributed by atoms with Crippen molar-refractivity contribution < 1.29 is 0 Å². The summed E-state index contributed by atoms with van der Waals surface area (Å²) in [6.45, 7) is 2.86. The van der Waals surface area contributed by atoms with Crippen LogP contribution in [0.1, 0.15) is 11.1 Å². The fourth-order valence-corrected chi connectivity index (χ4v) is 3.18. The SMILES string of the molecule is CNCc1c[nH]c2cc(Nc3c(C)ccnc3Cl)ccc12.Sc1cccnc1. The van der Waals surface area contributed by atoms with E-state index in [1.807, 2.05) is 38.4 Å². The van der Waals surface area contributed by atoms with Crippen molar-refractivity contribution in [2.24, 2.45) is 0 Å². The average molecular weight is 412 g/mol. The number of aromatic amines is 1. The Hall–Kier alpha value is -2.54. The van der Waals surface area contributed by atoms with Crippen LogP contribution in [0.2, 0.25) is 5.15 Å². The van der Waals surface area contributed by atoms with Gasteiger partial charge < -0.3 is 15.6 Å². The molecule has 5 nitrogen and oxygen atoms in total. The first-order valence-electron chi connectivity index (χ1n) is 8.80. The third-order valence-corrected chi connectivity index (χ3v) is 4.71. The Labute approximate surface area is 175 Å². The smallest absolute Gasteiger partial charge is 0.152 e. The minimum atomic E-state index is 0.484. The van der Waals surface area contributed by atoms with Crippen LogP contribution in [0.5, 0.6) is 0 Å². The second-order valence-corrected chi connectivity index (χ2v) is 7.11. The summed E-state index contributed by atoms with van der Waals surface area (Å²) in [5.74, 6) is 0. The third kappa shape index (κ3) is 5.04. The van der Waals surface area contributed by atoms with E-state index < -0.39 is 0 Å². The number of aromatic nitrogens is 3. The number of pyridine rings is 2. The Kier molecular flexibility index (Phi) is 6.92. The second kappa shape index (κ2) is 9.59. The summed E-state index contributed by atoms with van der Waals surface area (Å²) in [5, 5.41) is 8.22. The number of thiol groups is 1. The predicted octanol–water partition coefficient (Wildman–Crippen LogP) is 5.36. The van der Waals surface area contributed by atoms with Crippen molar-refractivity contribution in [3.05, 3.63) is 77.5 Å². The molecular formula is C21H22ClN5S. The van der Waals surface area contributed by atoms with Gasteiger partial charge in [0.1, 0.15) is 0 Å². The molecule has 0 aliphatic heterocycles. The van der Waals surface area contributed by atoms with Crippen LogP contribution in [-0.2, 0) is 6.54 Å². The van der Waals surface area contributed by atoms with Gasteiger partial charge in [0.25, 0.3) is 0 Å². The molecule has 0 saturated carbocycles. The summed E-state index contributed by atoms with van der Waals surface area (Å²) in [7, 11) is 1.95. The summed E-state index contributed by atoms with van der Waals surface area (Å²) in [5.41, 5.74) is 5.26. The molecule has 3 heterocycles. The largest absolute Gasteiger partial charge is 0.361 e. The highest BCUT2D eigenvalue weighted by molar-refractivity contribution is 7.80. The zero-order chi connectivity index (χ0) is 19.9. The van der Waals surface area contributed by atoms with E-state index in [9.17, 15) is 0 Å². The number of benzene rings is 1. The Morgan fingerprint density at radius 1 is 1.18 bits per heavy atom. The molecule has 3 aromatic heterocycles. The quantitative estimate of drug-likeness (QED) is 0.269. The van der Waals surface area contributed by atoms with Crippen molar-refractivity contribution in [1.82, 2.24) is 20.3 Å². The molecule has 0 saturated heterocycles. The van der Waals surface area contributed by atoms with Crippen molar-refractivity contribution in [2.45, 2.75) is 18.4 Å². The number of hydrogen-bond acceptors (Lipinski definition) is 5. The van der Waals surface area contributed by atoms with Crippen molar-refractivity contribution in [1.29, 1.82) is 0 Å². The lowest BCUT2D eigenvalue weighted by atomic mass is 10.1. The van der Waals surface area contributed by atoms with Crippen molar-refractivity contribution in [2.75, 3.05) is 12.4 Å². The molecule has 0 fully saturated rings. The first-order chi connectivity index (χ1) is 13.6. The van der Waals surface area contributed by atoms with Crippen LogP contribution in [-0.4, -0.2) is 22.0 Å². The third-order valence-electron chi connectivity index (χ3n) is 4.16. The molecule has 0 aliphatic carbocycles. The van der Waals surface area contributed by atoms with Crippen molar-refractivity contribution in [3.8, 4) is 0 Å². The molecular weight excluding hydrogens is 390 g/mol. The predicted molar refractivity (Wildman–Crippen MR) is 120 cm³/mol. The van der Waals surface area contributed by atoms with E-state index >= 15 is 0 Å². The standard InChI is InChI=1S/C16H17ClN4.C5H5NS/c1-10-5-6-19-16(17)15(10)21-12-3-4-13-11(8-18-2)9-20-14(13)7-12;7-5-2-1-3-6-4-5/h3-7,9,18,20-21H,8H2,1-2H3;1-4,7H. The fourth-order valence-electron chi connectivity index (χ4n) is 2.77. The van der Waals surface area contributed by atoms with Crippen LogP contribution in [0.4, 0.5) is 11.4 Å². The lowest BCUT2D eigenvalue weighted by molar-refractivity contribution is 0.823. The minimum Gasteiger partial charge on any atom is -0.361 e. The van der Waals surface area contributed by atoms with Gasteiger partial charge in [0.15, 0.2) is 5.15 Å². The van der Waals surface area contributed by atoms with Crippen LogP contribution >= 0.6 is 24.2 Å². The highest BCUT2D eigenvalue weighted by Crippen LogP contribution is 2.29. The van der Waals surface area contributed by atoms with Gasteiger partial charge >= 0.3 is 0 Å². The number of nitrogens with zero attached hydrogens (tertiary/aromatic N) is 2. The van der Waals surface area contributed by atoms with Crippen LogP contribution < -0.4 is 10.6 Å². The first-order valence-corrected chi connectivity index (χ1v) is 9.62. The lowest BCUT2D eigenvalue weighted by Gasteiger charge is -2.11. The highest BCUT2D eigenvalue weighted by atomic mass is 35.5. The topological polar surface area (TPSA) is 65.6 Å². The van der Waals surface area contributed by atoms with Crippen LogP contribution in [0.3, 0.4) is 0 Å². The molecule has 4 aromatic rings. The van der Waals surface area contributed by atoms with Gasteiger partial charge in [-0.15, -0.1) is 12.6 Å². The zero-order valence-corrected chi connectivity index (χ0v) is 17.4. The monoisotopic (exact) mass is 411 g/mol. The maximum atomic E-state index is 6.15. The molecule has 3 N–H and O–H groups in total. The van der Waals surface area contributed by atoms with Gasteiger partial charge in [0.05, 0.1) is 5.69 Å². The summed E-state index contributed by atoms with van der Waals surface area (Å²) in [6, 6.07) is 11.9. The number of nitrogens with one attached hydrogen (secondary N) is 3. The maximum Gasteiger partial charge on any atom is 0.152 e. The molecule has 144 valence electrons. The molecule has 1 aromatic carbocycles. The van der Waals surface area contributed by atoms with E-state index in [0.29, 0.717) is 5.15 Å². The summed E-state index contributed by atoms with van der Waals surface area (Å²) < 4.78 is 0. The van der Waals surface area contributed by atoms with E-state index in [1.54, 1.807) is 18.6 Å². The van der Waals surface area contributed by atoms with E-state index in [0.717, 1.165) is 33.9 Å². The van der Waals surface area contributed by atoms with Gasteiger partial charge in [0.2, 0.25) is 0 Å². The van der Waals surface area contributed by atoms with E-state index in [1.165, 1.54) is 10.9 Å². The Morgan fingerprint density at radius 2 is 2.04 bits per heavy atom. The molecule has 0 aliphatic rings.